The van der Waals surface area contributed by atoms with Gasteiger partial charge in [0.1, 0.15) is 0 Å². The van der Waals surface area contributed by atoms with Crippen molar-refractivity contribution in [1.29, 1.82) is 0 Å². The fraction of sp³-hybridized carbons (Fsp3) is 0.467. The second-order valence-electron chi connectivity index (χ2n) is 5.21. The zero-order chi connectivity index (χ0) is 14.5. The van der Waals surface area contributed by atoms with Crippen LogP contribution in [-0.4, -0.2) is 23.5 Å². The van der Waals surface area contributed by atoms with Crippen LogP contribution in [0.1, 0.15) is 43.1 Å². The van der Waals surface area contributed by atoms with Crippen molar-refractivity contribution in [3.05, 3.63) is 35.4 Å². The lowest BCUT2D eigenvalue weighted by Gasteiger charge is -2.21. The highest BCUT2D eigenvalue weighted by atomic mass is 16.4. The van der Waals surface area contributed by atoms with E-state index in [1.54, 1.807) is 24.3 Å². The van der Waals surface area contributed by atoms with E-state index in [1.165, 1.54) is 0 Å². The van der Waals surface area contributed by atoms with E-state index in [9.17, 15) is 9.59 Å². The molecule has 0 saturated carbocycles. The molecule has 1 aromatic rings. The lowest BCUT2D eigenvalue weighted by atomic mass is 9.89. The molecule has 0 aliphatic carbocycles. The van der Waals surface area contributed by atoms with Crippen LogP contribution in [0.4, 0.5) is 0 Å². The van der Waals surface area contributed by atoms with Crippen LogP contribution in [-0.2, 0) is 11.2 Å². The summed E-state index contributed by atoms with van der Waals surface area (Å²) in [6, 6.07) is 6.86. The Morgan fingerprint density at radius 1 is 1.26 bits per heavy atom. The van der Waals surface area contributed by atoms with Crippen molar-refractivity contribution in [1.82, 2.24) is 5.32 Å². The Balaban J connectivity index is 2.59. The van der Waals surface area contributed by atoms with E-state index in [1.807, 2.05) is 20.8 Å². The maximum absolute atomic E-state index is 11.9. The van der Waals surface area contributed by atoms with Gasteiger partial charge in [-0.2, -0.15) is 0 Å². The Hall–Kier alpha value is -1.84. The number of carboxylic acid groups (broad SMARTS) is 1. The number of benzene rings is 1. The molecule has 4 nitrogen and oxygen atoms in total. The number of amides is 1. The topological polar surface area (TPSA) is 66.4 Å². The molecule has 0 fully saturated rings. The van der Waals surface area contributed by atoms with Crippen molar-refractivity contribution >= 4 is 11.9 Å². The van der Waals surface area contributed by atoms with E-state index in [0.717, 1.165) is 12.0 Å². The van der Waals surface area contributed by atoms with Gasteiger partial charge in [0.15, 0.2) is 0 Å². The summed E-state index contributed by atoms with van der Waals surface area (Å²) in [5.41, 5.74) is 0.655. The lowest BCUT2D eigenvalue weighted by Crippen LogP contribution is -2.37. The molecule has 0 bridgehead atoms. The summed E-state index contributed by atoms with van der Waals surface area (Å²) in [4.78, 5) is 22.9. The van der Waals surface area contributed by atoms with E-state index >= 15 is 0 Å². The second kappa shape index (κ2) is 6.36. The average molecular weight is 263 g/mol. The number of carbonyl (C=O) groups is 2. The molecule has 0 atom stereocenters. The Morgan fingerprint density at radius 3 is 2.47 bits per heavy atom. The fourth-order valence-corrected chi connectivity index (χ4v) is 1.66. The lowest BCUT2D eigenvalue weighted by molar-refractivity contribution is -0.129. The Kier molecular flexibility index (Phi) is 5.10. The van der Waals surface area contributed by atoms with Crippen LogP contribution in [0.25, 0.3) is 0 Å². The molecule has 1 rings (SSSR count). The molecule has 0 aliphatic rings. The average Bonchev–Trinajstić information content (AvgIpc) is 2.38. The fourth-order valence-electron chi connectivity index (χ4n) is 1.66. The standard InChI is InChI=1S/C15H21NO3/c1-4-15(2,3)14(19)16-10-9-11-7-5-6-8-12(11)13(17)18/h5-8H,4,9-10H2,1-3H3,(H,16,19)(H,17,18). The molecule has 0 radical (unpaired) electrons. The highest BCUT2D eigenvalue weighted by Crippen LogP contribution is 2.19. The van der Waals surface area contributed by atoms with E-state index < -0.39 is 5.97 Å². The predicted octanol–water partition coefficient (Wildman–Crippen LogP) is 2.48. The maximum Gasteiger partial charge on any atom is 0.335 e. The Bertz CT molecular complexity index is 466. The summed E-state index contributed by atoms with van der Waals surface area (Å²) in [6.07, 6.45) is 1.29. The van der Waals surface area contributed by atoms with E-state index in [0.29, 0.717) is 18.5 Å². The van der Waals surface area contributed by atoms with Gasteiger partial charge in [-0.25, -0.2) is 4.79 Å². The van der Waals surface area contributed by atoms with Crippen molar-refractivity contribution in [3.63, 3.8) is 0 Å². The van der Waals surface area contributed by atoms with Gasteiger partial charge in [-0.05, 0) is 24.5 Å². The molecule has 0 aliphatic heterocycles. The minimum atomic E-state index is -0.934. The molecule has 1 amide bonds. The zero-order valence-electron chi connectivity index (χ0n) is 11.7. The van der Waals surface area contributed by atoms with E-state index in [2.05, 4.69) is 5.32 Å². The highest BCUT2D eigenvalue weighted by molar-refractivity contribution is 5.89. The number of carbonyl (C=O) groups excluding carboxylic acids is 1. The second-order valence-corrected chi connectivity index (χ2v) is 5.21. The Morgan fingerprint density at radius 2 is 1.89 bits per heavy atom. The summed E-state index contributed by atoms with van der Waals surface area (Å²) >= 11 is 0. The van der Waals surface area contributed by atoms with Gasteiger partial charge in [-0.15, -0.1) is 0 Å². The maximum atomic E-state index is 11.9. The molecule has 0 unspecified atom stereocenters. The van der Waals surface area contributed by atoms with Crippen molar-refractivity contribution in [2.24, 2.45) is 5.41 Å². The predicted molar refractivity (Wildman–Crippen MR) is 74.2 cm³/mol. The van der Waals surface area contributed by atoms with Crippen molar-refractivity contribution in [2.75, 3.05) is 6.54 Å². The van der Waals surface area contributed by atoms with Crippen LogP contribution in [0.2, 0.25) is 0 Å². The van der Waals surface area contributed by atoms with Gasteiger partial charge in [0.2, 0.25) is 5.91 Å². The quantitative estimate of drug-likeness (QED) is 0.828. The molecular weight excluding hydrogens is 242 g/mol. The molecule has 0 heterocycles. The summed E-state index contributed by atoms with van der Waals surface area (Å²) in [5.74, 6) is -0.932. The number of rotatable bonds is 6. The first-order valence-corrected chi connectivity index (χ1v) is 6.48. The van der Waals surface area contributed by atoms with Gasteiger partial charge >= 0.3 is 5.97 Å². The van der Waals surface area contributed by atoms with Gasteiger partial charge in [0.25, 0.3) is 0 Å². The highest BCUT2D eigenvalue weighted by Gasteiger charge is 2.24. The molecule has 0 aromatic heterocycles. The third kappa shape index (κ3) is 4.09. The third-order valence-corrected chi connectivity index (χ3v) is 3.43. The van der Waals surface area contributed by atoms with Gasteiger partial charge in [-0.1, -0.05) is 39.0 Å². The molecule has 4 heteroatoms. The molecule has 1 aromatic carbocycles. The van der Waals surface area contributed by atoms with Crippen LogP contribution in [0.5, 0.6) is 0 Å². The molecule has 0 spiro atoms. The summed E-state index contributed by atoms with van der Waals surface area (Å²) < 4.78 is 0. The molecule has 104 valence electrons. The van der Waals surface area contributed by atoms with Gasteiger partial charge in [0.05, 0.1) is 5.56 Å². The van der Waals surface area contributed by atoms with Crippen LogP contribution in [0.15, 0.2) is 24.3 Å². The number of aromatic carboxylic acids is 1. The smallest absolute Gasteiger partial charge is 0.335 e. The molecule has 19 heavy (non-hydrogen) atoms. The minimum absolute atomic E-state index is 0.00260. The molecule has 2 N–H and O–H groups in total. The zero-order valence-corrected chi connectivity index (χ0v) is 11.7. The van der Waals surface area contributed by atoms with E-state index in [-0.39, 0.29) is 11.3 Å². The Labute approximate surface area is 113 Å². The van der Waals surface area contributed by atoms with Crippen molar-refractivity contribution in [2.45, 2.75) is 33.6 Å². The summed E-state index contributed by atoms with van der Waals surface area (Å²) in [6.45, 7) is 6.22. The normalized spacial score (nSPS) is 11.1. The number of carboxylic acids is 1. The largest absolute Gasteiger partial charge is 0.478 e. The number of hydrogen-bond donors (Lipinski definition) is 2. The summed E-state index contributed by atoms with van der Waals surface area (Å²) in [7, 11) is 0. The van der Waals surface area contributed by atoms with Gasteiger partial charge in [-0.3, -0.25) is 4.79 Å². The van der Waals surface area contributed by atoms with E-state index in [4.69, 9.17) is 5.11 Å². The first-order valence-electron chi connectivity index (χ1n) is 6.48. The van der Waals surface area contributed by atoms with Crippen LogP contribution in [0, 0.1) is 5.41 Å². The number of hydrogen-bond acceptors (Lipinski definition) is 2. The van der Waals surface area contributed by atoms with Crippen LogP contribution >= 0.6 is 0 Å². The number of nitrogens with one attached hydrogen (secondary N) is 1. The monoisotopic (exact) mass is 263 g/mol. The SMILES string of the molecule is CCC(C)(C)C(=O)NCCc1ccccc1C(=O)O. The third-order valence-electron chi connectivity index (χ3n) is 3.43. The van der Waals surface area contributed by atoms with Crippen molar-refractivity contribution in [3.8, 4) is 0 Å². The minimum Gasteiger partial charge on any atom is -0.478 e. The van der Waals surface area contributed by atoms with Crippen molar-refractivity contribution < 1.29 is 14.7 Å². The van der Waals surface area contributed by atoms with Crippen LogP contribution in [0.3, 0.4) is 0 Å². The van der Waals surface area contributed by atoms with Crippen LogP contribution < -0.4 is 5.32 Å². The van der Waals surface area contributed by atoms with Gasteiger partial charge in [0, 0.05) is 12.0 Å². The molecule has 0 saturated heterocycles. The van der Waals surface area contributed by atoms with Gasteiger partial charge < -0.3 is 10.4 Å². The first kappa shape index (κ1) is 15.2. The first-order chi connectivity index (χ1) is 8.88. The summed E-state index contributed by atoms with van der Waals surface area (Å²) in [5, 5.41) is 11.9. The molecular formula is C15H21NO3.